The van der Waals surface area contributed by atoms with Crippen molar-refractivity contribution < 1.29 is 22.7 Å². The number of amides is 1. The van der Waals surface area contributed by atoms with Gasteiger partial charge in [-0.1, -0.05) is 18.2 Å². The van der Waals surface area contributed by atoms with Crippen molar-refractivity contribution in [2.75, 3.05) is 6.54 Å². The van der Waals surface area contributed by atoms with Crippen molar-refractivity contribution in [3.63, 3.8) is 0 Å². The molecule has 146 valence electrons. The van der Waals surface area contributed by atoms with E-state index in [2.05, 4.69) is 15.3 Å². The first-order chi connectivity index (χ1) is 13.4. The van der Waals surface area contributed by atoms with E-state index in [1.54, 1.807) is 18.3 Å². The zero-order valence-electron chi connectivity index (χ0n) is 14.5. The monoisotopic (exact) mass is 392 g/mol. The van der Waals surface area contributed by atoms with Crippen molar-refractivity contribution in [2.24, 2.45) is 0 Å². The van der Waals surface area contributed by atoms with Gasteiger partial charge in [0.2, 0.25) is 5.82 Å². The Morgan fingerprint density at radius 3 is 2.64 bits per heavy atom. The molecule has 0 unspecified atom stereocenters. The normalized spacial score (nSPS) is 14.0. The Labute approximate surface area is 157 Å². The first-order valence-electron chi connectivity index (χ1n) is 8.41. The van der Waals surface area contributed by atoms with Crippen LogP contribution in [0.4, 0.5) is 13.2 Å². The summed E-state index contributed by atoms with van der Waals surface area (Å²) in [7, 11) is 0. The summed E-state index contributed by atoms with van der Waals surface area (Å²) in [6, 6.07) is 10.7. The molecule has 2 aromatic heterocycles. The van der Waals surface area contributed by atoms with Crippen LogP contribution in [0.3, 0.4) is 0 Å². The minimum Gasteiger partial charge on any atom is -0.471 e. The number of hydrogen-bond acceptors (Lipinski definition) is 5. The van der Waals surface area contributed by atoms with Crippen LogP contribution in [-0.2, 0) is 26.0 Å². The average Bonchev–Trinajstić information content (AvgIpc) is 3.33. The number of rotatable bonds is 4. The molecule has 1 aliphatic rings. The van der Waals surface area contributed by atoms with Crippen LogP contribution in [0, 0.1) is 0 Å². The second-order valence-electron chi connectivity index (χ2n) is 6.14. The van der Waals surface area contributed by atoms with Gasteiger partial charge in [-0.15, -0.1) is 10.2 Å². The third-order valence-electron chi connectivity index (χ3n) is 4.26. The van der Waals surface area contributed by atoms with Crippen LogP contribution < -0.4 is 4.74 Å². The van der Waals surface area contributed by atoms with Gasteiger partial charge in [0, 0.05) is 19.3 Å². The van der Waals surface area contributed by atoms with Gasteiger partial charge in [-0.2, -0.15) is 18.3 Å². The second-order valence-corrected chi connectivity index (χ2v) is 6.14. The van der Waals surface area contributed by atoms with E-state index in [1.165, 1.54) is 15.6 Å². The minimum absolute atomic E-state index is 0.0270. The standard InChI is InChI=1S/C17H15F3N6O2/c18-17(19,20)16-22-21-14-10-24(8-9-26(14)16)15(27)13-6-7-25(23-13)11-28-12-4-2-1-3-5-12/h1-7H,8-11H2. The number of fused-ring (bicyclic) bond motifs is 1. The predicted octanol–water partition coefficient (Wildman–Crippen LogP) is 2.19. The molecule has 3 aromatic rings. The molecule has 0 saturated carbocycles. The SMILES string of the molecule is O=C(c1ccn(COc2ccccc2)n1)N1CCn2c(nnc2C(F)(F)F)C1. The molecule has 28 heavy (non-hydrogen) atoms. The van der Waals surface area contributed by atoms with Gasteiger partial charge in [0.25, 0.3) is 5.91 Å². The van der Waals surface area contributed by atoms with Crippen molar-refractivity contribution >= 4 is 5.91 Å². The highest BCUT2D eigenvalue weighted by Crippen LogP contribution is 2.29. The highest BCUT2D eigenvalue weighted by molar-refractivity contribution is 5.92. The maximum absolute atomic E-state index is 12.9. The third kappa shape index (κ3) is 3.55. The average molecular weight is 392 g/mol. The van der Waals surface area contributed by atoms with Gasteiger partial charge < -0.3 is 14.2 Å². The van der Waals surface area contributed by atoms with E-state index in [4.69, 9.17) is 4.74 Å². The Hall–Kier alpha value is -3.37. The molecule has 3 heterocycles. The number of benzene rings is 1. The van der Waals surface area contributed by atoms with Gasteiger partial charge in [0.1, 0.15) is 5.75 Å². The highest BCUT2D eigenvalue weighted by Gasteiger charge is 2.40. The van der Waals surface area contributed by atoms with Crippen molar-refractivity contribution in [3.05, 3.63) is 59.9 Å². The molecule has 1 aromatic carbocycles. The summed E-state index contributed by atoms with van der Waals surface area (Å²) in [6.07, 6.45) is -2.97. The lowest BCUT2D eigenvalue weighted by atomic mass is 10.3. The van der Waals surface area contributed by atoms with Gasteiger partial charge >= 0.3 is 6.18 Å². The quantitative estimate of drug-likeness (QED) is 0.680. The van der Waals surface area contributed by atoms with Crippen LogP contribution in [-0.4, -0.2) is 41.9 Å². The fourth-order valence-corrected chi connectivity index (χ4v) is 2.91. The Bertz CT molecular complexity index is 982. The van der Waals surface area contributed by atoms with Crippen LogP contribution >= 0.6 is 0 Å². The molecule has 0 radical (unpaired) electrons. The first kappa shape index (κ1) is 18.0. The Balaban J connectivity index is 1.42. The van der Waals surface area contributed by atoms with Gasteiger partial charge in [0.05, 0.1) is 6.54 Å². The fourth-order valence-electron chi connectivity index (χ4n) is 2.91. The number of para-hydroxylation sites is 1. The predicted molar refractivity (Wildman–Crippen MR) is 89.1 cm³/mol. The molecule has 0 N–H and O–H groups in total. The molecular weight excluding hydrogens is 377 g/mol. The van der Waals surface area contributed by atoms with E-state index in [0.717, 1.165) is 4.57 Å². The second kappa shape index (κ2) is 6.98. The van der Waals surface area contributed by atoms with Gasteiger partial charge in [0.15, 0.2) is 18.2 Å². The van der Waals surface area contributed by atoms with Crippen molar-refractivity contribution in [1.82, 2.24) is 29.4 Å². The van der Waals surface area contributed by atoms with Crippen molar-refractivity contribution in [2.45, 2.75) is 26.0 Å². The Morgan fingerprint density at radius 1 is 1.11 bits per heavy atom. The van der Waals surface area contributed by atoms with Crippen molar-refractivity contribution in [3.8, 4) is 5.75 Å². The van der Waals surface area contributed by atoms with Crippen LogP contribution in [0.1, 0.15) is 22.1 Å². The summed E-state index contributed by atoms with van der Waals surface area (Å²) in [5.41, 5.74) is 0.181. The van der Waals surface area contributed by atoms with E-state index in [-0.39, 0.29) is 43.8 Å². The van der Waals surface area contributed by atoms with Crippen LogP contribution in [0.15, 0.2) is 42.6 Å². The molecule has 0 spiro atoms. The van der Waals surface area contributed by atoms with Crippen LogP contribution in [0.5, 0.6) is 5.75 Å². The summed E-state index contributed by atoms with van der Waals surface area (Å²) in [5, 5.41) is 11.0. The lowest BCUT2D eigenvalue weighted by molar-refractivity contribution is -0.147. The maximum Gasteiger partial charge on any atom is 0.451 e. The van der Waals surface area contributed by atoms with E-state index in [9.17, 15) is 18.0 Å². The van der Waals surface area contributed by atoms with E-state index in [0.29, 0.717) is 5.75 Å². The number of ether oxygens (including phenoxy) is 1. The number of nitrogens with zero attached hydrogens (tertiary/aromatic N) is 6. The molecule has 11 heteroatoms. The highest BCUT2D eigenvalue weighted by atomic mass is 19.4. The molecule has 1 aliphatic heterocycles. The number of hydrogen-bond donors (Lipinski definition) is 0. The summed E-state index contributed by atoms with van der Waals surface area (Å²) >= 11 is 0. The number of carbonyl (C=O) groups is 1. The molecule has 1 amide bonds. The maximum atomic E-state index is 12.9. The molecule has 0 atom stereocenters. The molecule has 0 aliphatic carbocycles. The van der Waals surface area contributed by atoms with Gasteiger partial charge in [-0.3, -0.25) is 4.79 Å². The number of carbonyl (C=O) groups excluding carboxylic acids is 1. The van der Waals surface area contributed by atoms with Crippen LogP contribution in [0.2, 0.25) is 0 Å². The Kier molecular flexibility index (Phi) is 4.49. The van der Waals surface area contributed by atoms with Crippen molar-refractivity contribution in [1.29, 1.82) is 0 Å². The van der Waals surface area contributed by atoms with E-state index < -0.39 is 12.0 Å². The van der Waals surface area contributed by atoms with E-state index >= 15 is 0 Å². The molecule has 0 bridgehead atoms. The fraction of sp³-hybridized carbons (Fsp3) is 0.294. The first-order valence-corrected chi connectivity index (χ1v) is 8.41. The molecule has 4 rings (SSSR count). The largest absolute Gasteiger partial charge is 0.471 e. The lowest BCUT2D eigenvalue weighted by Gasteiger charge is -2.27. The van der Waals surface area contributed by atoms with E-state index in [1.807, 2.05) is 18.2 Å². The zero-order valence-corrected chi connectivity index (χ0v) is 14.5. The Morgan fingerprint density at radius 2 is 1.89 bits per heavy atom. The molecule has 8 nitrogen and oxygen atoms in total. The molecular formula is C17H15F3N6O2. The zero-order chi connectivity index (χ0) is 19.7. The van der Waals surface area contributed by atoms with Gasteiger partial charge in [-0.05, 0) is 18.2 Å². The smallest absolute Gasteiger partial charge is 0.451 e. The number of aromatic nitrogens is 5. The number of alkyl halides is 3. The minimum atomic E-state index is -4.57. The molecule has 0 fully saturated rings. The topological polar surface area (TPSA) is 78.1 Å². The lowest BCUT2D eigenvalue weighted by Crippen LogP contribution is -2.39. The summed E-state index contributed by atoms with van der Waals surface area (Å²) in [4.78, 5) is 14.0. The summed E-state index contributed by atoms with van der Waals surface area (Å²) in [5.74, 6) is -0.668. The van der Waals surface area contributed by atoms with Gasteiger partial charge in [-0.25, -0.2) is 4.68 Å². The number of halogens is 3. The molecule has 0 saturated heterocycles. The summed E-state index contributed by atoms with van der Waals surface area (Å²) in [6.45, 7) is 0.150. The third-order valence-corrected chi connectivity index (χ3v) is 4.26. The summed E-state index contributed by atoms with van der Waals surface area (Å²) < 4.78 is 46.7. The van der Waals surface area contributed by atoms with Crippen LogP contribution in [0.25, 0.3) is 0 Å².